The lowest BCUT2D eigenvalue weighted by atomic mass is 10.2. The van der Waals surface area contributed by atoms with Gasteiger partial charge in [-0.3, -0.25) is 4.79 Å². The zero-order valence-electron chi connectivity index (χ0n) is 10.3. The third-order valence-electron chi connectivity index (χ3n) is 3.12. The molecule has 1 unspecified atom stereocenters. The van der Waals surface area contributed by atoms with Crippen LogP contribution in [0.2, 0.25) is 0 Å². The van der Waals surface area contributed by atoms with Gasteiger partial charge in [0.2, 0.25) is 5.89 Å². The molecule has 1 saturated heterocycles. The van der Waals surface area contributed by atoms with Crippen molar-refractivity contribution in [3.05, 3.63) is 35.7 Å². The number of H-pyrrole nitrogens is 1. The van der Waals surface area contributed by atoms with Crippen LogP contribution in [-0.2, 0) is 6.54 Å². The molecule has 2 aromatic heterocycles. The normalized spacial score (nSPS) is 18.6. The molecule has 0 aromatic carbocycles. The summed E-state index contributed by atoms with van der Waals surface area (Å²) in [5, 5.41) is 9.70. The third kappa shape index (κ3) is 2.65. The van der Waals surface area contributed by atoms with Crippen molar-refractivity contribution in [1.82, 2.24) is 25.8 Å². The summed E-state index contributed by atoms with van der Waals surface area (Å²) in [6, 6.07) is 1.98. The van der Waals surface area contributed by atoms with E-state index < -0.39 is 0 Å². The Morgan fingerprint density at radius 1 is 1.58 bits per heavy atom. The van der Waals surface area contributed by atoms with E-state index in [1.807, 2.05) is 12.3 Å². The highest BCUT2D eigenvalue weighted by atomic mass is 16.5. The molecule has 1 amide bonds. The maximum atomic E-state index is 11.8. The second-order valence-electron chi connectivity index (χ2n) is 4.51. The molecular weight excluding hydrogens is 246 g/mol. The molecule has 19 heavy (non-hydrogen) atoms. The van der Waals surface area contributed by atoms with Crippen LogP contribution in [0.5, 0.6) is 0 Å². The predicted octanol–water partition coefficient (Wildman–Crippen LogP) is 0.752. The minimum atomic E-state index is -0.325. The summed E-state index contributed by atoms with van der Waals surface area (Å²) >= 11 is 0. The van der Waals surface area contributed by atoms with E-state index in [0.29, 0.717) is 12.4 Å². The molecule has 0 spiro atoms. The Bertz CT molecular complexity index is 542. The molecule has 0 saturated carbocycles. The molecule has 2 aromatic rings. The van der Waals surface area contributed by atoms with E-state index in [2.05, 4.69) is 25.8 Å². The first-order chi connectivity index (χ1) is 9.33. The molecule has 3 heterocycles. The fourth-order valence-corrected chi connectivity index (χ4v) is 2.09. The van der Waals surface area contributed by atoms with Gasteiger partial charge in [-0.1, -0.05) is 5.16 Å². The van der Waals surface area contributed by atoms with E-state index in [1.165, 1.54) is 0 Å². The van der Waals surface area contributed by atoms with Gasteiger partial charge in [0.1, 0.15) is 0 Å². The highest BCUT2D eigenvalue weighted by Gasteiger charge is 2.24. The Kier molecular flexibility index (Phi) is 3.28. The van der Waals surface area contributed by atoms with Crippen LogP contribution < -0.4 is 10.6 Å². The lowest BCUT2D eigenvalue weighted by molar-refractivity contribution is 0.0937. The van der Waals surface area contributed by atoms with Gasteiger partial charge in [0, 0.05) is 18.9 Å². The Balaban J connectivity index is 1.60. The van der Waals surface area contributed by atoms with Gasteiger partial charge in [0.15, 0.2) is 0 Å². The number of amides is 1. The zero-order valence-corrected chi connectivity index (χ0v) is 10.3. The average molecular weight is 261 g/mol. The predicted molar refractivity (Wildman–Crippen MR) is 66.2 cm³/mol. The van der Waals surface area contributed by atoms with E-state index in [0.717, 1.165) is 24.9 Å². The molecule has 3 N–H and O–H groups in total. The lowest BCUT2D eigenvalue weighted by Gasteiger charge is -2.01. The van der Waals surface area contributed by atoms with Crippen molar-refractivity contribution >= 4 is 5.91 Å². The van der Waals surface area contributed by atoms with Gasteiger partial charge < -0.3 is 20.1 Å². The van der Waals surface area contributed by atoms with Crippen molar-refractivity contribution in [3.63, 3.8) is 0 Å². The summed E-state index contributed by atoms with van der Waals surface area (Å²) in [7, 11) is 0. The van der Waals surface area contributed by atoms with Gasteiger partial charge in [-0.15, -0.1) is 0 Å². The van der Waals surface area contributed by atoms with Gasteiger partial charge in [-0.25, -0.2) is 0 Å². The summed E-state index contributed by atoms with van der Waals surface area (Å²) in [6.07, 6.45) is 5.68. The first-order valence-electron chi connectivity index (χ1n) is 6.30. The maximum absolute atomic E-state index is 11.8. The molecule has 1 fully saturated rings. The fourth-order valence-electron chi connectivity index (χ4n) is 2.09. The third-order valence-corrected chi connectivity index (χ3v) is 3.12. The summed E-state index contributed by atoms with van der Waals surface area (Å²) < 4.78 is 5.12. The number of nitrogens with zero attached hydrogens (tertiary/aromatic N) is 2. The van der Waals surface area contributed by atoms with Crippen LogP contribution in [-0.4, -0.2) is 27.6 Å². The van der Waals surface area contributed by atoms with Gasteiger partial charge in [-0.2, -0.15) is 4.98 Å². The second-order valence-corrected chi connectivity index (χ2v) is 4.51. The smallest absolute Gasteiger partial charge is 0.292 e. The molecule has 7 heteroatoms. The summed E-state index contributed by atoms with van der Waals surface area (Å²) in [4.78, 5) is 18.9. The number of nitrogens with one attached hydrogen (secondary N) is 3. The van der Waals surface area contributed by atoms with Crippen molar-refractivity contribution < 1.29 is 9.32 Å². The van der Waals surface area contributed by atoms with Crippen molar-refractivity contribution in [2.45, 2.75) is 25.4 Å². The number of rotatable bonds is 4. The van der Waals surface area contributed by atoms with Crippen molar-refractivity contribution in [2.75, 3.05) is 6.54 Å². The molecule has 3 rings (SSSR count). The molecule has 100 valence electrons. The first kappa shape index (κ1) is 11.9. The molecule has 0 aliphatic carbocycles. The topological polar surface area (TPSA) is 95.8 Å². The van der Waals surface area contributed by atoms with E-state index >= 15 is 0 Å². The van der Waals surface area contributed by atoms with Gasteiger partial charge in [-0.05, 0) is 31.0 Å². The van der Waals surface area contributed by atoms with Crippen LogP contribution in [0.4, 0.5) is 0 Å². The number of carbonyl (C=O) groups excluding carboxylic acids is 1. The molecule has 7 nitrogen and oxygen atoms in total. The highest BCUT2D eigenvalue weighted by molar-refractivity contribution is 5.90. The highest BCUT2D eigenvalue weighted by Crippen LogP contribution is 2.20. The van der Waals surface area contributed by atoms with E-state index in [-0.39, 0.29) is 17.8 Å². The molecule has 1 aliphatic rings. The maximum Gasteiger partial charge on any atom is 0.292 e. The van der Waals surface area contributed by atoms with Crippen LogP contribution in [0.15, 0.2) is 23.0 Å². The Labute approximate surface area is 109 Å². The molecular formula is C12H15N5O2. The van der Waals surface area contributed by atoms with E-state index in [4.69, 9.17) is 4.52 Å². The van der Waals surface area contributed by atoms with Gasteiger partial charge in [0.25, 0.3) is 11.7 Å². The Hall–Kier alpha value is -2.15. The molecule has 0 radical (unpaired) electrons. The van der Waals surface area contributed by atoms with Crippen molar-refractivity contribution in [3.8, 4) is 0 Å². The minimum absolute atomic E-state index is 0.0822. The number of carbonyl (C=O) groups is 1. The van der Waals surface area contributed by atoms with Gasteiger partial charge in [0.05, 0.1) is 6.04 Å². The number of hydrogen-bond acceptors (Lipinski definition) is 5. The monoisotopic (exact) mass is 261 g/mol. The van der Waals surface area contributed by atoms with Gasteiger partial charge >= 0.3 is 0 Å². The van der Waals surface area contributed by atoms with Crippen LogP contribution in [0.3, 0.4) is 0 Å². The molecule has 1 atom stereocenters. The van der Waals surface area contributed by atoms with E-state index in [1.54, 1.807) is 6.20 Å². The van der Waals surface area contributed by atoms with Crippen molar-refractivity contribution in [1.29, 1.82) is 0 Å². The Morgan fingerprint density at radius 2 is 2.53 bits per heavy atom. The number of aromatic amines is 1. The van der Waals surface area contributed by atoms with Crippen molar-refractivity contribution in [2.24, 2.45) is 0 Å². The first-order valence-corrected chi connectivity index (χ1v) is 6.30. The quantitative estimate of drug-likeness (QED) is 0.755. The minimum Gasteiger partial charge on any atom is -0.367 e. The second kappa shape index (κ2) is 5.23. The lowest BCUT2D eigenvalue weighted by Crippen LogP contribution is -2.24. The number of hydrogen-bond donors (Lipinski definition) is 3. The molecule has 0 bridgehead atoms. The zero-order chi connectivity index (χ0) is 13.1. The van der Waals surface area contributed by atoms with Crippen LogP contribution in [0, 0.1) is 0 Å². The SMILES string of the molecule is O=C(NCc1cc[nH]c1)c1noc(C2CCCN2)n1. The number of aromatic nitrogens is 3. The summed E-state index contributed by atoms with van der Waals surface area (Å²) in [5.41, 5.74) is 0.995. The average Bonchev–Trinajstić information content (AvgIpc) is 3.14. The van der Waals surface area contributed by atoms with Crippen LogP contribution in [0.1, 0.15) is 41.0 Å². The largest absolute Gasteiger partial charge is 0.367 e. The standard InChI is InChI=1S/C12H15N5O2/c18-11(15-7-8-3-5-13-6-8)10-16-12(19-17-10)9-2-1-4-14-9/h3,5-6,9,13-14H,1-2,4,7H2,(H,15,18). The summed E-state index contributed by atoms with van der Waals surface area (Å²) in [5.74, 6) is 0.248. The van der Waals surface area contributed by atoms with Crippen LogP contribution in [0.25, 0.3) is 0 Å². The fraction of sp³-hybridized carbons (Fsp3) is 0.417. The van der Waals surface area contributed by atoms with Crippen LogP contribution >= 0.6 is 0 Å². The Morgan fingerprint density at radius 3 is 3.26 bits per heavy atom. The molecule has 1 aliphatic heterocycles. The van der Waals surface area contributed by atoms with E-state index in [9.17, 15) is 4.79 Å². The summed E-state index contributed by atoms with van der Waals surface area (Å²) in [6.45, 7) is 1.38.